The molecule has 2 heterocycles. The number of nitrogens with one attached hydrogen (secondary N) is 2. The third kappa shape index (κ3) is 5.17. The third-order valence-electron chi connectivity index (χ3n) is 3.56. The monoisotopic (exact) mass is 275 g/mol. The molecular formula is C15H25N5. The number of aliphatic imine (C=N–C) groups is 1. The minimum atomic E-state index is 0.699. The van der Waals surface area contributed by atoms with Crippen LogP contribution in [0.4, 0.5) is 0 Å². The number of guanidine groups is 1. The van der Waals surface area contributed by atoms with E-state index in [4.69, 9.17) is 0 Å². The van der Waals surface area contributed by atoms with Gasteiger partial charge in [-0.2, -0.15) is 0 Å². The minimum Gasteiger partial charge on any atom is -0.355 e. The molecule has 1 aliphatic rings. The van der Waals surface area contributed by atoms with Crippen molar-refractivity contribution < 1.29 is 0 Å². The van der Waals surface area contributed by atoms with E-state index in [1.54, 1.807) is 7.05 Å². The van der Waals surface area contributed by atoms with E-state index >= 15 is 0 Å². The Balaban J connectivity index is 1.65. The lowest BCUT2D eigenvalue weighted by Crippen LogP contribution is -2.42. The van der Waals surface area contributed by atoms with Crippen LogP contribution < -0.4 is 10.6 Å². The topological polar surface area (TPSA) is 52.6 Å². The molecule has 2 rings (SSSR count). The maximum atomic E-state index is 4.29. The van der Waals surface area contributed by atoms with Crippen molar-refractivity contribution in [1.82, 2.24) is 20.5 Å². The molecular weight excluding hydrogens is 250 g/mol. The van der Waals surface area contributed by atoms with Crippen LogP contribution >= 0.6 is 0 Å². The second kappa shape index (κ2) is 8.53. The van der Waals surface area contributed by atoms with Gasteiger partial charge in [-0.15, -0.1) is 0 Å². The smallest absolute Gasteiger partial charge is 0.191 e. The summed E-state index contributed by atoms with van der Waals surface area (Å²) >= 11 is 0. The van der Waals surface area contributed by atoms with Gasteiger partial charge < -0.3 is 15.5 Å². The van der Waals surface area contributed by atoms with E-state index in [0.29, 0.717) is 6.54 Å². The molecule has 0 atom stereocenters. The number of likely N-dealkylation sites (tertiary alicyclic amines) is 1. The quantitative estimate of drug-likeness (QED) is 0.627. The first kappa shape index (κ1) is 14.8. The van der Waals surface area contributed by atoms with E-state index < -0.39 is 0 Å². The van der Waals surface area contributed by atoms with Gasteiger partial charge in [0.05, 0.1) is 12.2 Å². The lowest BCUT2D eigenvalue weighted by molar-refractivity contribution is 0.232. The molecule has 0 amide bonds. The van der Waals surface area contributed by atoms with E-state index in [1.807, 2.05) is 24.4 Å². The number of rotatable bonds is 5. The predicted molar refractivity (Wildman–Crippen MR) is 82.7 cm³/mol. The number of pyridine rings is 1. The summed E-state index contributed by atoms with van der Waals surface area (Å²) in [5.41, 5.74) is 1.02. The Morgan fingerprint density at radius 3 is 2.80 bits per heavy atom. The molecule has 1 aliphatic heterocycles. The fraction of sp³-hybridized carbons (Fsp3) is 0.600. The van der Waals surface area contributed by atoms with Crippen LogP contribution in [0.25, 0.3) is 0 Å². The first-order valence-corrected chi connectivity index (χ1v) is 7.45. The van der Waals surface area contributed by atoms with Crippen LogP contribution in [0, 0.1) is 0 Å². The largest absolute Gasteiger partial charge is 0.355 e. The zero-order valence-corrected chi connectivity index (χ0v) is 12.3. The van der Waals surface area contributed by atoms with Crippen LogP contribution in [0.5, 0.6) is 0 Å². The first-order valence-electron chi connectivity index (χ1n) is 7.45. The van der Waals surface area contributed by atoms with Gasteiger partial charge in [0.15, 0.2) is 5.96 Å². The molecule has 1 fully saturated rings. The molecule has 5 nitrogen and oxygen atoms in total. The van der Waals surface area contributed by atoms with Crippen LogP contribution in [0.3, 0.4) is 0 Å². The summed E-state index contributed by atoms with van der Waals surface area (Å²) in [4.78, 5) is 11.0. The second-order valence-corrected chi connectivity index (χ2v) is 5.08. The summed E-state index contributed by atoms with van der Waals surface area (Å²) in [5.74, 6) is 0.840. The summed E-state index contributed by atoms with van der Waals surface area (Å²) in [6, 6.07) is 5.93. The highest BCUT2D eigenvalue weighted by Gasteiger charge is 2.09. The highest BCUT2D eigenvalue weighted by atomic mass is 15.2. The summed E-state index contributed by atoms with van der Waals surface area (Å²) in [7, 11) is 1.80. The molecule has 20 heavy (non-hydrogen) atoms. The van der Waals surface area contributed by atoms with Gasteiger partial charge in [-0.3, -0.25) is 9.98 Å². The van der Waals surface area contributed by atoms with Crippen LogP contribution in [0.15, 0.2) is 29.4 Å². The van der Waals surface area contributed by atoms with Gasteiger partial charge in [0.1, 0.15) is 0 Å². The van der Waals surface area contributed by atoms with Crippen molar-refractivity contribution in [2.75, 3.05) is 33.2 Å². The first-order chi connectivity index (χ1) is 9.88. The number of aromatic nitrogens is 1. The molecule has 0 bridgehead atoms. The van der Waals surface area contributed by atoms with Crippen molar-refractivity contribution in [1.29, 1.82) is 0 Å². The van der Waals surface area contributed by atoms with E-state index in [0.717, 1.165) is 24.7 Å². The van der Waals surface area contributed by atoms with Crippen LogP contribution in [0.1, 0.15) is 25.0 Å². The van der Waals surface area contributed by atoms with Gasteiger partial charge >= 0.3 is 0 Å². The van der Waals surface area contributed by atoms with Gasteiger partial charge in [-0.1, -0.05) is 12.5 Å². The molecule has 0 aliphatic carbocycles. The SMILES string of the molecule is CN=C(NCCN1CCCCC1)NCc1ccccn1. The summed E-state index contributed by atoms with van der Waals surface area (Å²) in [5, 5.41) is 6.64. The van der Waals surface area contributed by atoms with Crippen molar-refractivity contribution >= 4 is 5.96 Å². The summed E-state index contributed by atoms with van der Waals surface area (Å²) in [6.07, 6.45) is 5.88. The average Bonchev–Trinajstić information content (AvgIpc) is 2.52. The predicted octanol–water partition coefficient (Wildman–Crippen LogP) is 1.23. The van der Waals surface area contributed by atoms with Crippen LogP contribution in [-0.2, 0) is 6.54 Å². The Morgan fingerprint density at radius 1 is 1.25 bits per heavy atom. The molecule has 0 spiro atoms. The normalized spacial score (nSPS) is 16.9. The Bertz CT molecular complexity index is 398. The van der Waals surface area contributed by atoms with E-state index in [1.165, 1.54) is 32.4 Å². The van der Waals surface area contributed by atoms with Crippen LogP contribution in [-0.4, -0.2) is 49.1 Å². The zero-order chi connectivity index (χ0) is 14.0. The molecule has 110 valence electrons. The Labute approximate surface area is 121 Å². The molecule has 2 N–H and O–H groups in total. The zero-order valence-electron chi connectivity index (χ0n) is 12.3. The standard InChI is InChI=1S/C15H25N5/c1-16-15(19-13-14-7-3-4-8-17-14)18-9-12-20-10-5-2-6-11-20/h3-4,7-8H,2,5-6,9-13H2,1H3,(H2,16,18,19). The average molecular weight is 275 g/mol. The van der Waals surface area contributed by atoms with E-state index in [2.05, 4.69) is 25.5 Å². The lowest BCUT2D eigenvalue weighted by Gasteiger charge is -2.26. The van der Waals surface area contributed by atoms with Crippen molar-refractivity contribution in [2.45, 2.75) is 25.8 Å². The molecule has 0 radical (unpaired) electrons. The maximum Gasteiger partial charge on any atom is 0.191 e. The van der Waals surface area contributed by atoms with Gasteiger partial charge in [0, 0.05) is 26.3 Å². The highest BCUT2D eigenvalue weighted by molar-refractivity contribution is 5.79. The Hall–Kier alpha value is -1.62. The number of hydrogen-bond donors (Lipinski definition) is 2. The van der Waals surface area contributed by atoms with Crippen molar-refractivity contribution in [3.05, 3.63) is 30.1 Å². The van der Waals surface area contributed by atoms with Gasteiger partial charge in [0.2, 0.25) is 0 Å². The number of hydrogen-bond acceptors (Lipinski definition) is 3. The Morgan fingerprint density at radius 2 is 2.10 bits per heavy atom. The fourth-order valence-corrected chi connectivity index (χ4v) is 2.41. The highest BCUT2D eigenvalue weighted by Crippen LogP contribution is 2.07. The molecule has 5 heteroatoms. The molecule has 0 unspecified atom stereocenters. The van der Waals surface area contributed by atoms with E-state index in [9.17, 15) is 0 Å². The lowest BCUT2D eigenvalue weighted by atomic mass is 10.1. The molecule has 1 aromatic rings. The third-order valence-corrected chi connectivity index (χ3v) is 3.56. The van der Waals surface area contributed by atoms with Crippen molar-refractivity contribution in [3.63, 3.8) is 0 Å². The molecule has 1 saturated heterocycles. The molecule has 0 saturated carbocycles. The molecule has 1 aromatic heterocycles. The van der Waals surface area contributed by atoms with Crippen molar-refractivity contribution in [2.24, 2.45) is 4.99 Å². The van der Waals surface area contributed by atoms with E-state index in [-0.39, 0.29) is 0 Å². The minimum absolute atomic E-state index is 0.699. The Kier molecular flexibility index (Phi) is 6.31. The number of piperidine rings is 1. The maximum absolute atomic E-state index is 4.29. The van der Waals surface area contributed by atoms with Crippen molar-refractivity contribution in [3.8, 4) is 0 Å². The summed E-state index contributed by atoms with van der Waals surface area (Å²) < 4.78 is 0. The number of nitrogens with zero attached hydrogens (tertiary/aromatic N) is 3. The van der Waals surface area contributed by atoms with Gasteiger partial charge in [-0.05, 0) is 38.1 Å². The fourth-order valence-electron chi connectivity index (χ4n) is 2.41. The molecule has 0 aromatic carbocycles. The second-order valence-electron chi connectivity index (χ2n) is 5.08. The van der Waals surface area contributed by atoms with Gasteiger partial charge in [-0.25, -0.2) is 0 Å². The van der Waals surface area contributed by atoms with Crippen LogP contribution in [0.2, 0.25) is 0 Å². The summed E-state index contributed by atoms with van der Waals surface area (Å²) in [6.45, 7) is 5.19. The van der Waals surface area contributed by atoms with Gasteiger partial charge in [0.25, 0.3) is 0 Å².